The summed E-state index contributed by atoms with van der Waals surface area (Å²) in [5.74, 6) is 1.61. The third kappa shape index (κ3) is 4.08. The fourth-order valence-corrected chi connectivity index (χ4v) is 4.06. The molecule has 4 aromatic rings. The van der Waals surface area contributed by atoms with Crippen LogP contribution in [0.4, 0.5) is 23.0 Å². The van der Waals surface area contributed by atoms with Gasteiger partial charge in [0.25, 0.3) is 0 Å². The molecule has 30 heavy (non-hydrogen) atoms. The number of hydrogen-bond acceptors (Lipinski definition) is 5. The molecule has 0 bridgehead atoms. The fraction of sp³-hybridized carbons (Fsp3) is 0.250. The highest BCUT2D eigenvalue weighted by Gasteiger charge is 2.11. The summed E-state index contributed by atoms with van der Waals surface area (Å²) in [5, 5.41) is 8.06. The summed E-state index contributed by atoms with van der Waals surface area (Å²) in [7, 11) is 0. The lowest BCUT2D eigenvalue weighted by Gasteiger charge is -2.18. The summed E-state index contributed by atoms with van der Waals surface area (Å²) in [4.78, 5) is 14.5. The quantitative estimate of drug-likeness (QED) is 0.411. The van der Waals surface area contributed by atoms with Crippen molar-refractivity contribution in [2.24, 2.45) is 0 Å². The highest BCUT2D eigenvalue weighted by molar-refractivity contribution is 5.83. The number of H-pyrrole nitrogens is 1. The number of para-hydroxylation sites is 1. The number of fused-ring (bicyclic) bond motifs is 1. The van der Waals surface area contributed by atoms with Crippen molar-refractivity contribution in [2.45, 2.75) is 19.3 Å². The predicted octanol–water partition coefficient (Wildman–Crippen LogP) is 4.96. The van der Waals surface area contributed by atoms with Gasteiger partial charge in [-0.25, -0.2) is 9.97 Å². The van der Waals surface area contributed by atoms with Gasteiger partial charge in [-0.15, -0.1) is 0 Å². The second-order valence-electron chi connectivity index (χ2n) is 7.69. The molecule has 0 radical (unpaired) electrons. The van der Waals surface area contributed by atoms with Crippen LogP contribution in [-0.4, -0.2) is 34.6 Å². The Labute approximate surface area is 176 Å². The molecule has 0 spiro atoms. The van der Waals surface area contributed by atoms with Crippen molar-refractivity contribution in [1.29, 1.82) is 0 Å². The van der Waals surface area contributed by atoms with Gasteiger partial charge in [0.05, 0.1) is 0 Å². The minimum atomic E-state index is 0.786. The Balaban J connectivity index is 1.19. The average molecular weight is 399 g/mol. The van der Waals surface area contributed by atoms with Crippen molar-refractivity contribution in [3.8, 4) is 0 Å². The van der Waals surface area contributed by atoms with E-state index in [4.69, 9.17) is 0 Å². The molecule has 3 heterocycles. The number of nitrogens with one attached hydrogen (secondary N) is 3. The molecular weight excluding hydrogens is 372 g/mol. The molecular formula is C24H26N6. The maximum atomic E-state index is 4.36. The summed E-state index contributed by atoms with van der Waals surface area (Å²) in [6.45, 7) is 3.13. The van der Waals surface area contributed by atoms with Gasteiger partial charge in [0.1, 0.15) is 18.0 Å². The van der Waals surface area contributed by atoms with Crippen LogP contribution < -0.4 is 15.5 Å². The summed E-state index contributed by atoms with van der Waals surface area (Å²) in [5.41, 5.74) is 4.81. The molecule has 6 nitrogen and oxygen atoms in total. The number of aromatic nitrogens is 3. The molecule has 1 saturated heterocycles. The molecule has 0 saturated carbocycles. The van der Waals surface area contributed by atoms with E-state index in [9.17, 15) is 0 Å². The van der Waals surface area contributed by atoms with Gasteiger partial charge in [-0.3, -0.25) is 0 Å². The van der Waals surface area contributed by atoms with Crippen LogP contribution >= 0.6 is 0 Å². The van der Waals surface area contributed by atoms with E-state index < -0.39 is 0 Å². The Bertz CT molecular complexity index is 1110. The number of aromatic amines is 1. The maximum absolute atomic E-state index is 4.36. The van der Waals surface area contributed by atoms with Gasteiger partial charge in [-0.2, -0.15) is 0 Å². The number of anilines is 4. The van der Waals surface area contributed by atoms with Gasteiger partial charge in [0.15, 0.2) is 0 Å². The maximum Gasteiger partial charge on any atom is 0.135 e. The van der Waals surface area contributed by atoms with Crippen molar-refractivity contribution >= 4 is 33.9 Å². The van der Waals surface area contributed by atoms with Gasteiger partial charge in [0, 0.05) is 54.2 Å². The third-order valence-corrected chi connectivity index (χ3v) is 5.65. The Morgan fingerprint density at radius 2 is 1.73 bits per heavy atom. The predicted molar refractivity (Wildman–Crippen MR) is 124 cm³/mol. The van der Waals surface area contributed by atoms with Crippen molar-refractivity contribution in [3.63, 3.8) is 0 Å². The molecule has 0 amide bonds. The van der Waals surface area contributed by atoms with E-state index in [1.165, 1.54) is 35.0 Å². The minimum Gasteiger partial charge on any atom is -0.372 e. The summed E-state index contributed by atoms with van der Waals surface area (Å²) in [6.07, 6.45) is 7.18. The summed E-state index contributed by atoms with van der Waals surface area (Å²) >= 11 is 0. The fourth-order valence-electron chi connectivity index (χ4n) is 4.06. The molecule has 2 aromatic carbocycles. The largest absolute Gasteiger partial charge is 0.372 e. The van der Waals surface area contributed by atoms with E-state index in [2.05, 4.69) is 85.2 Å². The normalized spacial score (nSPS) is 13.7. The monoisotopic (exact) mass is 398 g/mol. The van der Waals surface area contributed by atoms with Crippen LogP contribution in [0.3, 0.4) is 0 Å². The average Bonchev–Trinajstić information content (AvgIpc) is 3.45. The highest BCUT2D eigenvalue weighted by Crippen LogP contribution is 2.24. The van der Waals surface area contributed by atoms with Crippen molar-refractivity contribution < 1.29 is 0 Å². The van der Waals surface area contributed by atoms with Crippen molar-refractivity contribution in [3.05, 3.63) is 72.7 Å². The van der Waals surface area contributed by atoms with Crippen LogP contribution in [-0.2, 0) is 6.42 Å². The zero-order chi connectivity index (χ0) is 20.2. The molecule has 0 atom stereocenters. The molecule has 6 heteroatoms. The van der Waals surface area contributed by atoms with Crippen LogP contribution in [0.5, 0.6) is 0 Å². The first-order valence-corrected chi connectivity index (χ1v) is 10.6. The first-order valence-electron chi connectivity index (χ1n) is 10.6. The molecule has 1 fully saturated rings. The van der Waals surface area contributed by atoms with Crippen molar-refractivity contribution in [1.82, 2.24) is 15.0 Å². The van der Waals surface area contributed by atoms with Crippen LogP contribution in [0.15, 0.2) is 67.1 Å². The lowest BCUT2D eigenvalue weighted by atomic mass is 10.1. The van der Waals surface area contributed by atoms with Crippen LogP contribution in [0.1, 0.15) is 18.4 Å². The SMILES string of the molecule is c1ccc2c(CCNc3cc(Nc4ccc(N5CCCC5)cc4)ncn3)c[nH]c2c1. The lowest BCUT2D eigenvalue weighted by molar-refractivity contribution is 0.949. The van der Waals surface area contributed by atoms with Crippen molar-refractivity contribution in [2.75, 3.05) is 35.2 Å². The van der Waals surface area contributed by atoms with Crippen LogP contribution in [0.2, 0.25) is 0 Å². The molecule has 1 aliphatic heterocycles. The summed E-state index contributed by atoms with van der Waals surface area (Å²) in [6, 6.07) is 18.9. The van der Waals surface area contributed by atoms with E-state index in [0.29, 0.717) is 0 Å². The Morgan fingerprint density at radius 1 is 0.933 bits per heavy atom. The Morgan fingerprint density at radius 3 is 2.60 bits per heavy atom. The van der Waals surface area contributed by atoms with E-state index >= 15 is 0 Å². The second-order valence-corrected chi connectivity index (χ2v) is 7.69. The first kappa shape index (κ1) is 18.5. The van der Waals surface area contributed by atoms with Crippen LogP contribution in [0, 0.1) is 0 Å². The summed E-state index contributed by atoms with van der Waals surface area (Å²) < 4.78 is 0. The molecule has 3 N–H and O–H groups in total. The molecule has 0 aliphatic carbocycles. The van der Waals surface area contributed by atoms with E-state index in [1.54, 1.807) is 6.33 Å². The Hall–Kier alpha value is -3.54. The zero-order valence-corrected chi connectivity index (χ0v) is 16.9. The van der Waals surface area contributed by atoms with Gasteiger partial charge >= 0.3 is 0 Å². The Kier molecular flexibility index (Phi) is 5.21. The molecule has 2 aromatic heterocycles. The molecule has 152 valence electrons. The van der Waals surface area contributed by atoms with Gasteiger partial charge in [0.2, 0.25) is 0 Å². The van der Waals surface area contributed by atoms with E-state index in [-0.39, 0.29) is 0 Å². The molecule has 0 unspecified atom stereocenters. The standard InChI is InChI=1S/C24H26N6/c1-2-6-22-21(5-1)18(16-26-22)11-12-25-23-15-24(28-17-27-23)29-19-7-9-20(10-8-19)30-13-3-4-14-30/h1-2,5-10,15-17,26H,3-4,11-14H2,(H2,25,27,28,29). The molecule has 1 aliphatic rings. The third-order valence-electron chi connectivity index (χ3n) is 5.65. The topological polar surface area (TPSA) is 68.9 Å². The van der Waals surface area contributed by atoms with Gasteiger partial charge in [-0.1, -0.05) is 18.2 Å². The van der Waals surface area contributed by atoms with E-state index in [0.717, 1.165) is 43.4 Å². The second kappa shape index (κ2) is 8.45. The number of rotatable bonds is 7. The number of benzene rings is 2. The molecule has 5 rings (SSSR count). The number of nitrogens with zero attached hydrogens (tertiary/aromatic N) is 3. The van der Waals surface area contributed by atoms with E-state index in [1.807, 2.05) is 6.07 Å². The van der Waals surface area contributed by atoms with Gasteiger partial charge in [-0.05, 0) is 55.2 Å². The van der Waals surface area contributed by atoms with Gasteiger partial charge < -0.3 is 20.5 Å². The minimum absolute atomic E-state index is 0.786. The lowest BCUT2D eigenvalue weighted by Crippen LogP contribution is -2.17. The smallest absolute Gasteiger partial charge is 0.135 e. The highest BCUT2D eigenvalue weighted by atomic mass is 15.1. The number of hydrogen-bond donors (Lipinski definition) is 3. The zero-order valence-electron chi connectivity index (χ0n) is 16.9. The van der Waals surface area contributed by atoms with Crippen LogP contribution in [0.25, 0.3) is 10.9 Å². The first-order chi connectivity index (χ1) is 14.8.